The molecule has 0 saturated heterocycles. The Bertz CT molecular complexity index is 785. The summed E-state index contributed by atoms with van der Waals surface area (Å²) in [5.74, 6) is 0.874. The molecule has 1 aromatic heterocycles. The van der Waals surface area contributed by atoms with Gasteiger partial charge >= 0.3 is 0 Å². The number of para-hydroxylation sites is 1. The molecule has 0 aliphatic carbocycles. The Balaban J connectivity index is 1.93. The average molecular weight is 304 g/mol. The van der Waals surface area contributed by atoms with Gasteiger partial charge in [0.1, 0.15) is 12.4 Å². The minimum Gasteiger partial charge on any atom is -0.488 e. The van der Waals surface area contributed by atoms with Gasteiger partial charge in [-0.05, 0) is 24.6 Å². The van der Waals surface area contributed by atoms with Crippen LogP contribution in [0.5, 0.6) is 5.75 Å². The van der Waals surface area contributed by atoms with Crippen LogP contribution >= 0.6 is 0 Å². The van der Waals surface area contributed by atoms with Gasteiger partial charge in [0.15, 0.2) is 0 Å². The summed E-state index contributed by atoms with van der Waals surface area (Å²) in [5.41, 5.74) is 5.30. The lowest BCUT2D eigenvalue weighted by Gasteiger charge is -2.15. The zero-order valence-electron chi connectivity index (χ0n) is 13.4. The Morgan fingerprint density at radius 3 is 2.48 bits per heavy atom. The molecule has 0 unspecified atom stereocenters. The molecule has 116 valence electrons. The van der Waals surface area contributed by atoms with Gasteiger partial charge in [-0.1, -0.05) is 48.5 Å². The molecule has 0 bridgehead atoms. The highest BCUT2D eigenvalue weighted by molar-refractivity contribution is 5.81. The third-order valence-corrected chi connectivity index (χ3v) is 3.72. The van der Waals surface area contributed by atoms with E-state index in [9.17, 15) is 0 Å². The number of hydrogen-bond acceptors (Lipinski definition) is 3. The molecule has 3 nitrogen and oxygen atoms in total. The number of nitrogens with zero attached hydrogens (tertiary/aromatic N) is 1. The van der Waals surface area contributed by atoms with Crippen molar-refractivity contribution in [2.45, 2.75) is 13.5 Å². The van der Waals surface area contributed by atoms with Gasteiger partial charge in [0.25, 0.3) is 0 Å². The zero-order chi connectivity index (χ0) is 16.1. The maximum absolute atomic E-state index is 6.07. The van der Waals surface area contributed by atoms with Crippen molar-refractivity contribution >= 4 is 5.69 Å². The van der Waals surface area contributed by atoms with E-state index in [1.165, 1.54) is 0 Å². The lowest BCUT2D eigenvalue weighted by atomic mass is 10.0. The quantitative estimate of drug-likeness (QED) is 0.743. The molecular weight excluding hydrogens is 284 g/mol. The summed E-state index contributed by atoms with van der Waals surface area (Å²) in [5, 5.41) is 3.20. The molecule has 0 amide bonds. The Labute approximate surface area is 137 Å². The molecule has 1 heterocycles. The highest BCUT2D eigenvalue weighted by Gasteiger charge is 2.11. The van der Waals surface area contributed by atoms with Crippen LogP contribution in [-0.2, 0) is 6.61 Å². The van der Waals surface area contributed by atoms with Crippen LogP contribution in [0.2, 0.25) is 0 Å². The van der Waals surface area contributed by atoms with E-state index in [0.29, 0.717) is 6.61 Å². The van der Waals surface area contributed by atoms with Crippen molar-refractivity contribution in [2.75, 3.05) is 12.4 Å². The summed E-state index contributed by atoms with van der Waals surface area (Å²) in [6.45, 7) is 2.55. The molecule has 23 heavy (non-hydrogen) atoms. The molecule has 1 N–H and O–H groups in total. The smallest absolute Gasteiger partial charge is 0.127 e. The lowest BCUT2D eigenvalue weighted by Crippen LogP contribution is -1.99. The largest absolute Gasteiger partial charge is 0.488 e. The van der Waals surface area contributed by atoms with Gasteiger partial charge in [-0.2, -0.15) is 0 Å². The first-order valence-corrected chi connectivity index (χ1v) is 7.68. The molecule has 0 fully saturated rings. The molecular formula is C20H20N2O. The van der Waals surface area contributed by atoms with Gasteiger partial charge in [0.2, 0.25) is 0 Å². The van der Waals surface area contributed by atoms with E-state index in [0.717, 1.165) is 33.8 Å². The second-order valence-corrected chi connectivity index (χ2v) is 5.39. The average Bonchev–Trinajstić information content (AvgIpc) is 2.61. The second-order valence-electron chi connectivity index (χ2n) is 5.39. The molecule has 0 atom stereocenters. The molecule has 0 radical (unpaired) electrons. The number of anilines is 1. The van der Waals surface area contributed by atoms with Crippen LogP contribution in [-0.4, -0.2) is 12.0 Å². The van der Waals surface area contributed by atoms with E-state index in [1.807, 2.05) is 56.6 Å². The Morgan fingerprint density at radius 1 is 0.957 bits per heavy atom. The number of rotatable bonds is 5. The van der Waals surface area contributed by atoms with Crippen molar-refractivity contribution in [3.8, 4) is 16.9 Å². The van der Waals surface area contributed by atoms with Crippen molar-refractivity contribution in [1.29, 1.82) is 0 Å². The van der Waals surface area contributed by atoms with Crippen LogP contribution in [0.1, 0.15) is 11.3 Å². The number of aromatic nitrogens is 1. The van der Waals surface area contributed by atoms with Gasteiger partial charge in [-0.25, -0.2) is 0 Å². The van der Waals surface area contributed by atoms with E-state index in [2.05, 4.69) is 34.6 Å². The first kappa shape index (κ1) is 15.1. The molecule has 0 saturated carbocycles. The predicted molar refractivity (Wildman–Crippen MR) is 94.7 cm³/mol. The topological polar surface area (TPSA) is 34.2 Å². The fourth-order valence-corrected chi connectivity index (χ4v) is 2.53. The van der Waals surface area contributed by atoms with Crippen LogP contribution in [0, 0.1) is 6.92 Å². The second kappa shape index (κ2) is 6.97. The SMILES string of the molecule is CNc1cnc(C)cc1-c1ccccc1OCc1ccccc1. The van der Waals surface area contributed by atoms with Gasteiger partial charge in [0.05, 0.1) is 11.9 Å². The van der Waals surface area contributed by atoms with Gasteiger partial charge in [-0.15, -0.1) is 0 Å². The van der Waals surface area contributed by atoms with Crippen molar-refractivity contribution in [1.82, 2.24) is 4.98 Å². The van der Waals surface area contributed by atoms with Crippen LogP contribution < -0.4 is 10.1 Å². The fourth-order valence-electron chi connectivity index (χ4n) is 2.53. The van der Waals surface area contributed by atoms with Crippen molar-refractivity contribution in [3.05, 3.63) is 78.1 Å². The minimum atomic E-state index is 0.552. The third-order valence-electron chi connectivity index (χ3n) is 3.72. The molecule has 0 aliphatic heterocycles. The Kier molecular flexibility index (Phi) is 4.57. The van der Waals surface area contributed by atoms with E-state index in [-0.39, 0.29) is 0 Å². The minimum absolute atomic E-state index is 0.552. The van der Waals surface area contributed by atoms with Crippen LogP contribution in [0.15, 0.2) is 66.9 Å². The molecule has 0 spiro atoms. The first-order valence-electron chi connectivity index (χ1n) is 7.68. The fraction of sp³-hybridized carbons (Fsp3) is 0.150. The zero-order valence-corrected chi connectivity index (χ0v) is 13.4. The molecule has 2 aromatic carbocycles. The lowest BCUT2D eigenvalue weighted by molar-refractivity contribution is 0.307. The van der Waals surface area contributed by atoms with Crippen molar-refractivity contribution in [2.24, 2.45) is 0 Å². The Hall–Kier alpha value is -2.81. The number of pyridine rings is 1. The summed E-state index contributed by atoms with van der Waals surface area (Å²) in [6, 6.07) is 20.4. The monoisotopic (exact) mass is 304 g/mol. The summed E-state index contributed by atoms with van der Waals surface area (Å²) in [6.07, 6.45) is 1.86. The highest BCUT2D eigenvalue weighted by Crippen LogP contribution is 2.35. The first-order chi connectivity index (χ1) is 11.3. The number of nitrogens with one attached hydrogen (secondary N) is 1. The predicted octanol–water partition coefficient (Wildman–Crippen LogP) is 4.68. The van der Waals surface area contributed by atoms with Crippen LogP contribution in [0.4, 0.5) is 5.69 Å². The molecule has 0 aliphatic rings. The summed E-state index contributed by atoms with van der Waals surface area (Å²) < 4.78 is 6.07. The van der Waals surface area contributed by atoms with E-state index in [1.54, 1.807) is 0 Å². The molecule has 3 rings (SSSR count). The maximum atomic E-state index is 6.07. The normalized spacial score (nSPS) is 10.3. The van der Waals surface area contributed by atoms with Crippen LogP contribution in [0.25, 0.3) is 11.1 Å². The summed E-state index contributed by atoms with van der Waals surface area (Å²) >= 11 is 0. The third kappa shape index (κ3) is 3.51. The number of benzene rings is 2. The van der Waals surface area contributed by atoms with Crippen LogP contribution in [0.3, 0.4) is 0 Å². The number of hydrogen-bond donors (Lipinski definition) is 1. The van der Waals surface area contributed by atoms with E-state index in [4.69, 9.17) is 4.74 Å². The summed E-state index contributed by atoms with van der Waals surface area (Å²) in [7, 11) is 1.91. The number of aryl methyl sites for hydroxylation is 1. The number of ether oxygens (including phenoxy) is 1. The highest BCUT2D eigenvalue weighted by atomic mass is 16.5. The van der Waals surface area contributed by atoms with Gasteiger partial charge < -0.3 is 10.1 Å². The van der Waals surface area contributed by atoms with Gasteiger partial charge in [-0.3, -0.25) is 4.98 Å². The Morgan fingerprint density at radius 2 is 1.70 bits per heavy atom. The van der Waals surface area contributed by atoms with E-state index < -0.39 is 0 Å². The molecule has 3 aromatic rings. The standard InChI is InChI=1S/C20H20N2O/c1-15-12-18(19(21-2)13-22-15)17-10-6-7-11-20(17)23-14-16-8-4-3-5-9-16/h3-13,21H,14H2,1-2H3. The molecule has 3 heteroatoms. The van der Waals surface area contributed by atoms with Crippen molar-refractivity contribution in [3.63, 3.8) is 0 Å². The summed E-state index contributed by atoms with van der Waals surface area (Å²) in [4.78, 5) is 4.36. The van der Waals surface area contributed by atoms with Crippen molar-refractivity contribution < 1.29 is 4.74 Å². The van der Waals surface area contributed by atoms with E-state index >= 15 is 0 Å². The van der Waals surface area contributed by atoms with Gasteiger partial charge in [0, 0.05) is 23.9 Å². The maximum Gasteiger partial charge on any atom is 0.127 e.